The van der Waals surface area contributed by atoms with Crippen molar-refractivity contribution in [3.63, 3.8) is 0 Å². The van der Waals surface area contributed by atoms with Gasteiger partial charge in [0.2, 0.25) is 0 Å². The maximum atomic E-state index is 6.52. The van der Waals surface area contributed by atoms with Crippen LogP contribution in [0.25, 0.3) is 0 Å². The van der Waals surface area contributed by atoms with Gasteiger partial charge in [0.05, 0.1) is 0 Å². The van der Waals surface area contributed by atoms with E-state index in [1.54, 1.807) is 11.3 Å². The Labute approximate surface area is 106 Å². The van der Waals surface area contributed by atoms with Gasteiger partial charge in [-0.25, -0.2) is 0 Å². The average molecular weight is 243 g/mol. The molecule has 1 atom stereocenters. The summed E-state index contributed by atoms with van der Waals surface area (Å²) in [6.07, 6.45) is 3.73. The first-order chi connectivity index (χ1) is 8.33. The summed E-state index contributed by atoms with van der Waals surface area (Å²) in [5, 5.41) is 4.31. The average Bonchev–Trinajstić information content (AvgIpc) is 2.82. The molecule has 2 heteroatoms. The first kappa shape index (κ1) is 11.0. The van der Waals surface area contributed by atoms with E-state index in [0.717, 1.165) is 0 Å². The third kappa shape index (κ3) is 1.72. The second-order valence-electron chi connectivity index (χ2n) is 4.91. The first-order valence-electron chi connectivity index (χ1n) is 6.16. The maximum absolute atomic E-state index is 6.52. The lowest BCUT2D eigenvalue weighted by Crippen LogP contribution is -2.44. The molecule has 1 heterocycles. The quantitative estimate of drug-likeness (QED) is 0.870. The molecular weight excluding hydrogens is 226 g/mol. The van der Waals surface area contributed by atoms with Gasteiger partial charge in [0, 0.05) is 11.5 Å². The topological polar surface area (TPSA) is 26.0 Å². The lowest BCUT2D eigenvalue weighted by molar-refractivity contribution is 0.197. The molecule has 1 aliphatic carbocycles. The van der Waals surface area contributed by atoms with Gasteiger partial charge in [-0.05, 0) is 40.8 Å². The molecule has 88 valence electrons. The summed E-state index contributed by atoms with van der Waals surface area (Å²) in [6.45, 7) is 0. The van der Waals surface area contributed by atoms with Crippen molar-refractivity contribution < 1.29 is 0 Å². The van der Waals surface area contributed by atoms with Gasteiger partial charge in [0.1, 0.15) is 0 Å². The number of benzene rings is 1. The minimum Gasteiger partial charge on any atom is -0.323 e. The molecule has 2 aromatic rings. The second kappa shape index (κ2) is 4.28. The van der Waals surface area contributed by atoms with Crippen LogP contribution >= 0.6 is 11.3 Å². The van der Waals surface area contributed by atoms with Crippen LogP contribution in [0.3, 0.4) is 0 Å². The van der Waals surface area contributed by atoms with E-state index in [1.165, 1.54) is 30.4 Å². The SMILES string of the molecule is NC(c1ccsc1)C1(c2ccccc2)CCC1. The number of hydrogen-bond acceptors (Lipinski definition) is 2. The van der Waals surface area contributed by atoms with E-state index in [9.17, 15) is 0 Å². The predicted molar refractivity (Wildman–Crippen MR) is 73.2 cm³/mol. The van der Waals surface area contributed by atoms with Crippen molar-refractivity contribution in [2.24, 2.45) is 5.73 Å². The van der Waals surface area contributed by atoms with Gasteiger partial charge in [0.25, 0.3) is 0 Å². The highest BCUT2D eigenvalue weighted by Gasteiger charge is 2.44. The molecule has 0 spiro atoms. The van der Waals surface area contributed by atoms with Gasteiger partial charge < -0.3 is 5.73 Å². The Bertz CT molecular complexity index is 471. The summed E-state index contributed by atoms with van der Waals surface area (Å²) >= 11 is 1.73. The predicted octanol–water partition coefficient (Wildman–Crippen LogP) is 3.87. The highest BCUT2D eigenvalue weighted by atomic mass is 32.1. The molecule has 0 amide bonds. The summed E-state index contributed by atoms with van der Waals surface area (Å²) in [5.74, 6) is 0. The van der Waals surface area contributed by atoms with E-state index in [4.69, 9.17) is 5.73 Å². The van der Waals surface area contributed by atoms with Gasteiger partial charge in [-0.3, -0.25) is 0 Å². The van der Waals surface area contributed by atoms with Crippen molar-refractivity contribution in [1.82, 2.24) is 0 Å². The molecule has 0 radical (unpaired) electrons. The van der Waals surface area contributed by atoms with E-state index in [2.05, 4.69) is 47.2 Å². The lowest BCUT2D eigenvalue weighted by Gasteiger charge is -2.47. The molecular formula is C15H17NS. The molecule has 1 nitrogen and oxygen atoms in total. The highest BCUT2D eigenvalue weighted by Crippen LogP contribution is 2.51. The third-order valence-corrected chi connectivity index (χ3v) is 4.79. The van der Waals surface area contributed by atoms with Crippen LogP contribution < -0.4 is 5.73 Å². The Balaban J connectivity index is 1.98. The molecule has 1 aromatic carbocycles. The van der Waals surface area contributed by atoms with E-state index in [1.807, 2.05) is 0 Å². The number of nitrogens with two attached hydrogens (primary N) is 1. The maximum Gasteiger partial charge on any atom is 0.0401 e. The molecule has 0 saturated heterocycles. The Kier molecular flexibility index (Phi) is 2.77. The van der Waals surface area contributed by atoms with Crippen LogP contribution in [-0.4, -0.2) is 0 Å². The minimum atomic E-state index is 0.143. The lowest BCUT2D eigenvalue weighted by atomic mass is 9.59. The minimum absolute atomic E-state index is 0.143. The van der Waals surface area contributed by atoms with Gasteiger partial charge in [0.15, 0.2) is 0 Å². The molecule has 1 unspecified atom stereocenters. The number of hydrogen-bond donors (Lipinski definition) is 1. The molecule has 2 N–H and O–H groups in total. The molecule has 17 heavy (non-hydrogen) atoms. The van der Waals surface area contributed by atoms with Crippen LogP contribution in [0, 0.1) is 0 Å². The smallest absolute Gasteiger partial charge is 0.0401 e. The molecule has 0 bridgehead atoms. The van der Waals surface area contributed by atoms with Crippen molar-refractivity contribution in [3.8, 4) is 0 Å². The molecule has 3 rings (SSSR count). The van der Waals surface area contributed by atoms with Crippen LogP contribution in [0.1, 0.15) is 36.4 Å². The zero-order valence-corrected chi connectivity index (χ0v) is 10.6. The van der Waals surface area contributed by atoms with Crippen LogP contribution in [0.2, 0.25) is 0 Å². The second-order valence-corrected chi connectivity index (χ2v) is 5.69. The standard InChI is InChI=1S/C15H17NS/c16-14(12-7-10-17-11-12)15(8-4-9-15)13-5-2-1-3-6-13/h1-3,5-7,10-11,14H,4,8-9,16H2. The van der Waals surface area contributed by atoms with E-state index in [0.29, 0.717) is 0 Å². The fraction of sp³-hybridized carbons (Fsp3) is 0.333. The van der Waals surface area contributed by atoms with Crippen LogP contribution in [0.15, 0.2) is 47.2 Å². The highest BCUT2D eigenvalue weighted by molar-refractivity contribution is 7.07. The molecule has 1 saturated carbocycles. The summed E-state index contributed by atoms with van der Waals surface area (Å²) < 4.78 is 0. The zero-order chi connectivity index (χ0) is 11.7. The van der Waals surface area contributed by atoms with Crippen LogP contribution in [0.5, 0.6) is 0 Å². The third-order valence-electron chi connectivity index (χ3n) is 4.09. The summed E-state index contributed by atoms with van der Waals surface area (Å²) in [4.78, 5) is 0. The summed E-state index contributed by atoms with van der Waals surface area (Å²) in [7, 11) is 0. The summed E-state index contributed by atoms with van der Waals surface area (Å²) in [6, 6.07) is 13.1. The summed E-state index contributed by atoms with van der Waals surface area (Å²) in [5.41, 5.74) is 9.40. The van der Waals surface area contributed by atoms with E-state index >= 15 is 0 Å². The molecule has 1 fully saturated rings. The van der Waals surface area contributed by atoms with Gasteiger partial charge in [-0.1, -0.05) is 36.8 Å². The van der Waals surface area contributed by atoms with Gasteiger partial charge >= 0.3 is 0 Å². The fourth-order valence-electron chi connectivity index (χ4n) is 2.88. The van der Waals surface area contributed by atoms with Crippen LogP contribution in [0.4, 0.5) is 0 Å². The Morgan fingerprint density at radius 2 is 1.88 bits per heavy atom. The van der Waals surface area contributed by atoms with E-state index in [-0.39, 0.29) is 11.5 Å². The Hall–Kier alpha value is -1.12. The van der Waals surface area contributed by atoms with Crippen LogP contribution in [-0.2, 0) is 5.41 Å². The molecule has 1 aliphatic rings. The fourth-order valence-corrected chi connectivity index (χ4v) is 3.57. The normalized spacial score (nSPS) is 19.6. The van der Waals surface area contributed by atoms with E-state index < -0.39 is 0 Å². The zero-order valence-electron chi connectivity index (χ0n) is 9.80. The van der Waals surface area contributed by atoms with Crippen molar-refractivity contribution >= 4 is 11.3 Å². The van der Waals surface area contributed by atoms with Gasteiger partial charge in [-0.15, -0.1) is 0 Å². The Morgan fingerprint density at radius 3 is 2.41 bits per heavy atom. The molecule has 0 aliphatic heterocycles. The molecule has 1 aromatic heterocycles. The van der Waals surface area contributed by atoms with Crippen molar-refractivity contribution in [1.29, 1.82) is 0 Å². The van der Waals surface area contributed by atoms with Gasteiger partial charge in [-0.2, -0.15) is 11.3 Å². The monoisotopic (exact) mass is 243 g/mol. The number of rotatable bonds is 3. The van der Waals surface area contributed by atoms with Crippen molar-refractivity contribution in [2.75, 3.05) is 0 Å². The number of thiophene rings is 1. The largest absolute Gasteiger partial charge is 0.323 e. The first-order valence-corrected chi connectivity index (χ1v) is 7.10. The van der Waals surface area contributed by atoms with Crippen molar-refractivity contribution in [2.45, 2.75) is 30.7 Å². The Morgan fingerprint density at radius 1 is 1.12 bits per heavy atom. The van der Waals surface area contributed by atoms with Crippen molar-refractivity contribution in [3.05, 3.63) is 58.3 Å².